The Morgan fingerprint density at radius 2 is 1.76 bits per heavy atom. The van der Waals surface area contributed by atoms with E-state index in [0.717, 1.165) is 37.4 Å². The zero-order chi connectivity index (χ0) is 18.4. The summed E-state index contributed by atoms with van der Waals surface area (Å²) in [7, 11) is 2.05. The van der Waals surface area contributed by atoms with E-state index in [0.29, 0.717) is 6.42 Å². The van der Waals surface area contributed by atoms with Crippen LogP contribution in [0.5, 0.6) is 0 Å². The number of likely N-dealkylation sites (N-methyl/N-ethyl adjacent to an activating group) is 1. The number of ether oxygens (including phenoxy) is 1. The maximum Gasteiger partial charge on any atom is 0.323 e. The highest BCUT2D eigenvalue weighted by Gasteiger charge is 2.19. The van der Waals surface area contributed by atoms with Crippen molar-refractivity contribution in [1.82, 2.24) is 9.80 Å². The molecule has 1 saturated heterocycles. The lowest BCUT2D eigenvalue weighted by molar-refractivity contribution is -0.148. The Hall–Kier alpha value is -2.12. The normalized spacial score (nSPS) is 16.6. The number of nitrogens with two attached hydrogens (primary N) is 1. The van der Waals surface area contributed by atoms with Crippen molar-refractivity contribution in [2.24, 2.45) is 5.73 Å². The Bertz CT molecular complexity index is 580. The fourth-order valence-corrected chi connectivity index (χ4v) is 2.59. The Kier molecular flexibility index (Phi) is 6.78. The number of carbonyl (C=O) groups is 2. The molecular weight excluding hydrogens is 320 g/mol. The Morgan fingerprint density at radius 1 is 1.16 bits per heavy atom. The molecule has 1 atom stereocenters. The maximum atomic E-state index is 12.2. The first-order chi connectivity index (χ1) is 11.8. The molecule has 1 aromatic rings. The smallest absolute Gasteiger partial charge is 0.323 e. The van der Waals surface area contributed by atoms with Gasteiger partial charge in [-0.15, -0.1) is 0 Å². The molecule has 0 radical (unpaired) electrons. The fraction of sp³-hybridized carbons (Fsp3) is 0.556. The third-order valence-electron chi connectivity index (χ3n) is 4.11. The Labute approximate surface area is 149 Å². The number of urea groups is 1. The minimum atomic E-state index is -0.687. The quantitative estimate of drug-likeness (QED) is 0.783. The molecule has 0 bridgehead atoms. The molecule has 0 unspecified atom stereocenters. The van der Waals surface area contributed by atoms with Crippen LogP contribution in [0.1, 0.15) is 19.4 Å². The number of hydrogen-bond acceptors (Lipinski definition) is 5. The molecule has 1 aromatic carbocycles. The fourth-order valence-electron chi connectivity index (χ4n) is 2.59. The van der Waals surface area contributed by atoms with Crippen LogP contribution in [0.4, 0.5) is 10.5 Å². The van der Waals surface area contributed by atoms with Crippen LogP contribution in [0, 0.1) is 0 Å². The van der Waals surface area contributed by atoms with Gasteiger partial charge in [0.1, 0.15) is 6.04 Å². The molecule has 1 fully saturated rings. The first kappa shape index (κ1) is 19.2. The van der Waals surface area contributed by atoms with Gasteiger partial charge in [-0.3, -0.25) is 4.79 Å². The van der Waals surface area contributed by atoms with Crippen molar-refractivity contribution in [3.05, 3.63) is 29.8 Å². The third-order valence-corrected chi connectivity index (χ3v) is 4.11. The molecule has 0 aliphatic carbocycles. The van der Waals surface area contributed by atoms with Crippen LogP contribution in [-0.4, -0.2) is 67.2 Å². The molecular formula is C18H28N4O3. The van der Waals surface area contributed by atoms with Crippen molar-refractivity contribution < 1.29 is 14.3 Å². The van der Waals surface area contributed by atoms with E-state index >= 15 is 0 Å². The van der Waals surface area contributed by atoms with Gasteiger partial charge in [-0.2, -0.15) is 0 Å². The van der Waals surface area contributed by atoms with E-state index in [1.54, 1.807) is 13.8 Å². The number of piperazine rings is 1. The van der Waals surface area contributed by atoms with Gasteiger partial charge in [-0.1, -0.05) is 12.1 Å². The lowest BCUT2D eigenvalue weighted by Gasteiger charge is -2.32. The van der Waals surface area contributed by atoms with Crippen LogP contribution in [0.3, 0.4) is 0 Å². The summed E-state index contributed by atoms with van der Waals surface area (Å²) in [6.45, 7) is 6.82. The molecule has 0 spiro atoms. The van der Waals surface area contributed by atoms with Gasteiger partial charge in [0.15, 0.2) is 0 Å². The molecule has 138 valence electrons. The average Bonchev–Trinajstić information content (AvgIpc) is 2.56. The third kappa shape index (κ3) is 6.03. The second-order valence-corrected chi connectivity index (χ2v) is 6.71. The summed E-state index contributed by atoms with van der Waals surface area (Å²) < 4.78 is 5.11. The van der Waals surface area contributed by atoms with Crippen LogP contribution < -0.4 is 11.1 Å². The number of rotatable bonds is 5. The number of nitrogens with zero attached hydrogens (tertiary/aromatic N) is 2. The summed E-state index contributed by atoms with van der Waals surface area (Å²) >= 11 is 0. The summed E-state index contributed by atoms with van der Waals surface area (Å²) in [5.74, 6) is -0.401. The summed E-state index contributed by atoms with van der Waals surface area (Å²) in [4.78, 5) is 28.0. The Morgan fingerprint density at radius 3 is 2.32 bits per heavy atom. The van der Waals surface area contributed by atoms with Crippen molar-refractivity contribution >= 4 is 17.7 Å². The van der Waals surface area contributed by atoms with Gasteiger partial charge in [0.05, 0.1) is 6.10 Å². The van der Waals surface area contributed by atoms with Gasteiger partial charge in [-0.05, 0) is 45.0 Å². The summed E-state index contributed by atoms with van der Waals surface area (Å²) in [6, 6.07) is 6.60. The SMILES string of the molecule is CC(C)OC(=O)[C@@H](N)Cc1ccc(NC(=O)N2CCN(C)CC2)cc1. The van der Waals surface area contributed by atoms with Gasteiger partial charge in [0, 0.05) is 31.9 Å². The van der Waals surface area contributed by atoms with Crippen molar-refractivity contribution in [3.8, 4) is 0 Å². The number of nitrogens with one attached hydrogen (secondary N) is 1. The molecule has 25 heavy (non-hydrogen) atoms. The van der Waals surface area contributed by atoms with Gasteiger partial charge in [-0.25, -0.2) is 4.79 Å². The standard InChI is InChI=1S/C18H28N4O3/c1-13(2)25-17(23)16(19)12-14-4-6-15(7-5-14)20-18(24)22-10-8-21(3)9-11-22/h4-7,13,16H,8-12,19H2,1-3H3,(H,20,24)/t16-/m0/s1. The van der Waals surface area contributed by atoms with Gasteiger partial charge in [0.25, 0.3) is 0 Å². The zero-order valence-electron chi connectivity index (χ0n) is 15.2. The summed E-state index contributed by atoms with van der Waals surface area (Å²) in [5, 5.41) is 2.90. The maximum absolute atomic E-state index is 12.2. The van der Waals surface area contributed by atoms with Crippen LogP contribution in [0.15, 0.2) is 24.3 Å². The second kappa shape index (κ2) is 8.82. The van der Waals surface area contributed by atoms with Crippen molar-refractivity contribution in [3.63, 3.8) is 0 Å². The molecule has 7 nitrogen and oxygen atoms in total. The van der Waals surface area contributed by atoms with Gasteiger partial charge >= 0.3 is 12.0 Å². The second-order valence-electron chi connectivity index (χ2n) is 6.71. The summed E-state index contributed by atoms with van der Waals surface area (Å²) in [6.07, 6.45) is 0.226. The topological polar surface area (TPSA) is 87.9 Å². The highest BCUT2D eigenvalue weighted by Crippen LogP contribution is 2.13. The van der Waals surface area contributed by atoms with Crippen LogP contribution in [0.2, 0.25) is 0 Å². The van der Waals surface area contributed by atoms with Gasteiger partial charge < -0.3 is 25.6 Å². The lowest BCUT2D eigenvalue weighted by atomic mass is 10.1. The molecule has 3 N–H and O–H groups in total. The lowest BCUT2D eigenvalue weighted by Crippen LogP contribution is -2.48. The number of hydrogen-bond donors (Lipinski definition) is 2. The minimum Gasteiger partial charge on any atom is -0.462 e. The zero-order valence-corrected chi connectivity index (χ0v) is 15.2. The first-order valence-corrected chi connectivity index (χ1v) is 8.64. The number of carbonyl (C=O) groups excluding carboxylic acids is 2. The monoisotopic (exact) mass is 348 g/mol. The number of benzene rings is 1. The van der Waals surface area contributed by atoms with E-state index in [4.69, 9.17) is 10.5 Å². The molecule has 1 aliphatic heterocycles. The van der Waals surface area contributed by atoms with E-state index in [-0.39, 0.29) is 12.1 Å². The van der Waals surface area contributed by atoms with E-state index in [9.17, 15) is 9.59 Å². The first-order valence-electron chi connectivity index (χ1n) is 8.64. The van der Waals surface area contributed by atoms with E-state index in [2.05, 4.69) is 17.3 Å². The molecule has 7 heteroatoms. The number of anilines is 1. The van der Waals surface area contributed by atoms with Crippen molar-refractivity contribution in [2.75, 3.05) is 38.5 Å². The Balaban J connectivity index is 1.85. The predicted octanol–water partition coefficient (Wildman–Crippen LogP) is 1.29. The minimum absolute atomic E-state index is 0.0851. The van der Waals surface area contributed by atoms with Gasteiger partial charge in [0.2, 0.25) is 0 Å². The highest BCUT2D eigenvalue weighted by molar-refractivity contribution is 5.89. The average molecular weight is 348 g/mol. The van der Waals surface area contributed by atoms with E-state index < -0.39 is 12.0 Å². The molecule has 2 rings (SSSR count). The van der Waals surface area contributed by atoms with E-state index in [1.165, 1.54) is 0 Å². The number of esters is 1. The highest BCUT2D eigenvalue weighted by atomic mass is 16.5. The largest absolute Gasteiger partial charge is 0.462 e. The van der Waals surface area contributed by atoms with E-state index in [1.807, 2.05) is 29.2 Å². The van der Waals surface area contributed by atoms with Crippen LogP contribution in [0.25, 0.3) is 0 Å². The molecule has 1 heterocycles. The summed E-state index contributed by atoms with van der Waals surface area (Å²) in [5.41, 5.74) is 7.52. The van der Waals surface area contributed by atoms with Crippen molar-refractivity contribution in [2.45, 2.75) is 32.4 Å². The number of amides is 2. The van der Waals surface area contributed by atoms with Crippen LogP contribution >= 0.6 is 0 Å². The molecule has 0 saturated carbocycles. The molecule has 1 aliphatic rings. The van der Waals surface area contributed by atoms with Crippen molar-refractivity contribution in [1.29, 1.82) is 0 Å². The van der Waals surface area contributed by atoms with Crippen LogP contribution in [-0.2, 0) is 16.0 Å². The predicted molar refractivity (Wildman–Crippen MR) is 97.4 cm³/mol. The molecule has 0 aromatic heterocycles. The molecule has 2 amide bonds.